The molecular formula is C25H30N4O5. The quantitative estimate of drug-likeness (QED) is 0.463. The van der Waals surface area contributed by atoms with E-state index < -0.39 is 18.0 Å². The van der Waals surface area contributed by atoms with Crippen LogP contribution in [0.5, 0.6) is 0 Å². The number of rotatable bonds is 9. The molecule has 3 aromatic rings. The fourth-order valence-corrected chi connectivity index (χ4v) is 3.73. The number of amides is 1. The third kappa shape index (κ3) is 5.54. The summed E-state index contributed by atoms with van der Waals surface area (Å²) >= 11 is 0. The lowest BCUT2D eigenvalue weighted by Gasteiger charge is -2.13. The minimum atomic E-state index is -0.613. The van der Waals surface area contributed by atoms with Crippen molar-refractivity contribution in [3.05, 3.63) is 53.9 Å². The number of esters is 2. The van der Waals surface area contributed by atoms with Crippen molar-refractivity contribution in [2.45, 2.75) is 39.8 Å². The standard InChI is InChI=1S/C25H30N4O5/c1-15(2)14-29-22(25(32)34-5)21(28-20(30)11-17-9-7-6-8-10-17)19-12-18(13-26-23(19)29)27-16(3)24(31)33-4/h6-10,12-13,15-16,27H,11,14H2,1-5H3,(H,28,30)/t16-/m0/s1. The third-order valence-corrected chi connectivity index (χ3v) is 5.23. The largest absolute Gasteiger partial charge is 0.467 e. The topological polar surface area (TPSA) is 112 Å². The molecule has 2 N–H and O–H groups in total. The van der Waals surface area contributed by atoms with Gasteiger partial charge in [0.2, 0.25) is 5.91 Å². The molecule has 0 unspecified atom stereocenters. The number of carbonyl (C=O) groups excluding carboxylic acids is 3. The average Bonchev–Trinajstić information content (AvgIpc) is 3.10. The predicted octanol–water partition coefficient (Wildman–Crippen LogP) is 3.63. The fourth-order valence-electron chi connectivity index (χ4n) is 3.73. The summed E-state index contributed by atoms with van der Waals surface area (Å²) in [5, 5.41) is 6.51. The number of hydrogen-bond donors (Lipinski definition) is 2. The van der Waals surface area contributed by atoms with Gasteiger partial charge in [0.15, 0.2) is 5.69 Å². The van der Waals surface area contributed by atoms with E-state index in [-0.39, 0.29) is 23.9 Å². The van der Waals surface area contributed by atoms with Gasteiger partial charge in [-0.2, -0.15) is 0 Å². The third-order valence-electron chi connectivity index (χ3n) is 5.23. The van der Waals surface area contributed by atoms with Crippen molar-refractivity contribution in [2.75, 3.05) is 24.9 Å². The van der Waals surface area contributed by atoms with Crippen LogP contribution in [-0.4, -0.2) is 47.7 Å². The van der Waals surface area contributed by atoms with Crippen molar-refractivity contribution in [2.24, 2.45) is 5.92 Å². The summed E-state index contributed by atoms with van der Waals surface area (Å²) in [6.07, 6.45) is 1.72. The summed E-state index contributed by atoms with van der Waals surface area (Å²) in [4.78, 5) is 42.2. The molecule has 9 nitrogen and oxygen atoms in total. The van der Waals surface area contributed by atoms with Gasteiger partial charge in [0.1, 0.15) is 11.7 Å². The van der Waals surface area contributed by atoms with Gasteiger partial charge >= 0.3 is 11.9 Å². The van der Waals surface area contributed by atoms with Crippen LogP contribution in [-0.2, 0) is 32.0 Å². The first kappa shape index (κ1) is 24.8. The first-order chi connectivity index (χ1) is 16.2. The average molecular weight is 467 g/mol. The molecule has 0 radical (unpaired) electrons. The van der Waals surface area contributed by atoms with Gasteiger partial charge in [0.05, 0.1) is 38.2 Å². The highest BCUT2D eigenvalue weighted by molar-refractivity contribution is 6.11. The maximum absolute atomic E-state index is 12.9. The van der Waals surface area contributed by atoms with Crippen LogP contribution in [0.4, 0.5) is 11.4 Å². The van der Waals surface area contributed by atoms with Crippen LogP contribution in [0.25, 0.3) is 11.0 Å². The Morgan fingerprint density at radius 3 is 2.38 bits per heavy atom. The van der Waals surface area contributed by atoms with Crippen LogP contribution >= 0.6 is 0 Å². The molecule has 0 saturated heterocycles. The number of carbonyl (C=O) groups is 3. The molecule has 34 heavy (non-hydrogen) atoms. The fraction of sp³-hybridized carbons (Fsp3) is 0.360. The Balaban J connectivity index is 2.10. The number of hydrogen-bond acceptors (Lipinski definition) is 7. The van der Waals surface area contributed by atoms with Crippen LogP contribution in [0, 0.1) is 5.92 Å². The number of methoxy groups -OCH3 is 2. The lowest BCUT2D eigenvalue weighted by molar-refractivity contribution is -0.141. The Morgan fingerprint density at radius 1 is 1.06 bits per heavy atom. The van der Waals surface area contributed by atoms with Crippen LogP contribution in [0.15, 0.2) is 42.6 Å². The van der Waals surface area contributed by atoms with E-state index in [1.165, 1.54) is 14.2 Å². The molecule has 1 atom stereocenters. The second kappa shape index (κ2) is 10.8. The van der Waals surface area contributed by atoms with Crippen LogP contribution in [0.1, 0.15) is 36.8 Å². The first-order valence-electron chi connectivity index (χ1n) is 11.0. The Morgan fingerprint density at radius 2 is 1.76 bits per heavy atom. The lowest BCUT2D eigenvalue weighted by atomic mass is 10.1. The highest BCUT2D eigenvalue weighted by Gasteiger charge is 2.27. The lowest BCUT2D eigenvalue weighted by Crippen LogP contribution is -2.27. The van der Waals surface area contributed by atoms with Crippen LogP contribution < -0.4 is 10.6 Å². The molecule has 0 bridgehead atoms. The van der Waals surface area contributed by atoms with Crippen molar-refractivity contribution >= 4 is 40.3 Å². The molecule has 9 heteroatoms. The normalized spacial score (nSPS) is 11.8. The number of nitrogens with one attached hydrogen (secondary N) is 2. The molecule has 0 spiro atoms. The zero-order valence-electron chi connectivity index (χ0n) is 20.0. The number of aromatic nitrogens is 2. The van der Waals surface area contributed by atoms with E-state index >= 15 is 0 Å². The molecule has 1 amide bonds. The number of anilines is 2. The van der Waals surface area contributed by atoms with Gasteiger partial charge in [-0.3, -0.25) is 4.79 Å². The number of nitrogens with zero attached hydrogens (tertiary/aromatic N) is 2. The summed E-state index contributed by atoms with van der Waals surface area (Å²) in [6, 6.07) is 10.5. The van der Waals surface area contributed by atoms with E-state index in [9.17, 15) is 14.4 Å². The molecule has 0 saturated carbocycles. The van der Waals surface area contributed by atoms with E-state index in [1.54, 1.807) is 23.8 Å². The number of pyridine rings is 1. The van der Waals surface area contributed by atoms with Crippen molar-refractivity contribution in [1.29, 1.82) is 0 Å². The van der Waals surface area contributed by atoms with Gasteiger partial charge in [-0.1, -0.05) is 44.2 Å². The van der Waals surface area contributed by atoms with Crippen molar-refractivity contribution in [1.82, 2.24) is 9.55 Å². The van der Waals surface area contributed by atoms with E-state index in [2.05, 4.69) is 15.6 Å². The molecule has 0 aliphatic carbocycles. The second-order valence-electron chi connectivity index (χ2n) is 8.41. The van der Waals surface area contributed by atoms with E-state index in [0.717, 1.165) is 5.56 Å². The van der Waals surface area contributed by atoms with Crippen molar-refractivity contribution in [3.8, 4) is 0 Å². The zero-order valence-corrected chi connectivity index (χ0v) is 20.0. The van der Waals surface area contributed by atoms with Crippen molar-refractivity contribution < 1.29 is 23.9 Å². The number of benzene rings is 1. The summed E-state index contributed by atoms with van der Waals surface area (Å²) in [5.74, 6) is -1.08. The Labute approximate surface area is 198 Å². The summed E-state index contributed by atoms with van der Waals surface area (Å²) in [5.41, 5.74) is 2.46. The summed E-state index contributed by atoms with van der Waals surface area (Å²) < 4.78 is 11.6. The Kier molecular flexibility index (Phi) is 7.88. The maximum Gasteiger partial charge on any atom is 0.356 e. The predicted molar refractivity (Wildman–Crippen MR) is 130 cm³/mol. The van der Waals surface area contributed by atoms with E-state index in [1.807, 2.05) is 44.2 Å². The molecule has 3 rings (SSSR count). The monoisotopic (exact) mass is 466 g/mol. The van der Waals surface area contributed by atoms with Crippen LogP contribution in [0.3, 0.4) is 0 Å². The molecule has 0 aliphatic heterocycles. The Hall–Kier alpha value is -3.88. The molecule has 0 fully saturated rings. The molecule has 180 valence electrons. The summed E-state index contributed by atoms with van der Waals surface area (Å²) in [7, 11) is 2.62. The summed E-state index contributed by atoms with van der Waals surface area (Å²) in [6.45, 7) is 6.21. The molecule has 2 heterocycles. The minimum absolute atomic E-state index is 0.142. The van der Waals surface area contributed by atoms with Gasteiger partial charge in [0, 0.05) is 11.9 Å². The molecule has 0 aliphatic rings. The van der Waals surface area contributed by atoms with Crippen molar-refractivity contribution in [3.63, 3.8) is 0 Å². The maximum atomic E-state index is 12.9. The number of fused-ring (bicyclic) bond motifs is 1. The molecule has 1 aromatic carbocycles. The molecular weight excluding hydrogens is 436 g/mol. The highest BCUT2D eigenvalue weighted by atomic mass is 16.5. The zero-order chi connectivity index (χ0) is 24.8. The highest BCUT2D eigenvalue weighted by Crippen LogP contribution is 2.33. The first-order valence-corrected chi connectivity index (χ1v) is 11.0. The molecule has 2 aromatic heterocycles. The second-order valence-corrected chi connectivity index (χ2v) is 8.41. The van der Waals surface area contributed by atoms with Gasteiger partial charge < -0.3 is 24.7 Å². The smallest absolute Gasteiger partial charge is 0.356 e. The van der Waals surface area contributed by atoms with Gasteiger partial charge in [-0.15, -0.1) is 0 Å². The van der Waals surface area contributed by atoms with Crippen LogP contribution in [0.2, 0.25) is 0 Å². The number of ether oxygens (including phenoxy) is 2. The van der Waals surface area contributed by atoms with Gasteiger partial charge in [-0.05, 0) is 24.5 Å². The van der Waals surface area contributed by atoms with Gasteiger partial charge in [0.25, 0.3) is 0 Å². The Bertz CT molecular complexity index is 1190. The van der Waals surface area contributed by atoms with E-state index in [0.29, 0.717) is 29.0 Å². The SMILES string of the molecule is COC(=O)c1c(NC(=O)Cc2ccccc2)c2cc(N[C@@H](C)C(=O)OC)cnc2n1CC(C)C. The van der Waals surface area contributed by atoms with E-state index in [4.69, 9.17) is 9.47 Å². The minimum Gasteiger partial charge on any atom is -0.467 e. The van der Waals surface area contributed by atoms with Gasteiger partial charge in [-0.25, -0.2) is 14.6 Å².